The third-order valence-electron chi connectivity index (χ3n) is 4.22. The van der Waals surface area contributed by atoms with Gasteiger partial charge in [0.05, 0.1) is 5.56 Å². The molecular formula is C16H20N2O3. The zero-order valence-corrected chi connectivity index (χ0v) is 12.1. The highest BCUT2D eigenvalue weighted by molar-refractivity contribution is 5.92. The minimum absolute atomic E-state index is 0.214. The average Bonchev–Trinajstić information content (AvgIpc) is 2.87. The van der Waals surface area contributed by atoms with E-state index in [0.29, 0.717) is 23.0 Å². The Labute approximate surface area is 123 Å². The van der Waals surface area contributed by atoms with Crippen molar-refractivity contribution in [3.63, 3.8) is 0 Å². The summed E-state index contributed by atoms with van der Waals surface area (Å²) in [5.41, 5.74) is 1.40. The monoisotopic (exact) mass is 288 g/mol. The topological polar surface area (TPSA) is 75.4 Å². The quantitative estimate of drug-likeness (QED) is 0.895. The Balaban J connectivity index is 1.68. The Bertz CT molecular complexity index is 650. The van der Waals surface area contributed by atoms with Crippen molar-refractivity contribution in [1.82, 2.24) is 4.98 Å². The van der Waals surface area contributed by atoms with Crippen LogP contribution >= 0.6 is 0 Å². The van der Waals surface area contributed by atoms with Crippen molar-refractivity contribution < 1.29 is 14.3 Å². The van der Waals surface area contributed by atoms with E-state index in [1.807, 2.05) is 0 Å². The van der Waals surface area contributed by atoms with Crippen molar-refractivity contribution in [3.8, 4) is 0 Å². The second kappa shape index (κ2) is 5.76. The number of fused-ring (bicyclic) bond motifs is 1. The molecular weight excluding hydrogens is 268 g/mol. The summed E-state index contributed by atoms with van der Waals surface area (Å²) in [6.07, 6.45) is 5.12. The maximum atomic E-state index is 10.9. The molecule has 1 saturated carbocycles. The number of hydrogen-bond acceptors (Lipinski definition) is 4. The zero-order valence-electron chi connectivity index (χ0n) is 12.1. The van der Waals surface area contributed by atoms with E-state index >= 15 is 0 Å². The first-order valence-corrected chi connectivity index (χ1v) is 7.49. The SMILES string of the molecule is CC1CCCC(CNc2nc3ccc(C(=O)O)cc3o2)C1. The molecule has 1 heterocycles. The molecule has 21 heavy (non-hydrogen) atoms. The molecule has 2 N–H and O–H groups in total. The maximum Gasteiger partial charge on any atom is 0.335 e. The number of carboxylic acids is 1. The van der Waals surface area contributed by atoms with Crippen molar-refractivity contribution in [3.05, 3.63) is 23.8 Å². The number of rotatable bonds is 4. The molecule has 3 rings (SSSR count). The fourth-order valence-corrected chi connectivity index (χ4v) is 3.11. The first-order chi connectivity index (χ1) is 10.1. The number of aromatic nitrogens is 1. The van der Waals surface area contributed by atoms with Gasteiger partial charge in [0, 0.05) is 6.54 Å². The van der Waals surface area contributed by atoms with Crippen LogP contribution in [0.25, 0.3) is 11.1 Å². The minimum Gasteiger partial charge on any atom is -0.478 e. The average molecular weight is 288 g/mol. The maximum absolute atomic E-state index is 10.9. The molecule has 0 aliphatic heterocycles. The Morgan fingerprint density at radius 2 is 2.33 bits per heavy atom. The molecule has 0 amide bonds. The van der Waals surface area contributed by atoms with Crippen molar-refractivity contribution in [1.29, 1.82) is 0 Å². The van der Waals surface area contributed by atoms with E-state index in [1.54, 1.807) is 12.1 Å². The van der Waals surface area contributed by atoms with E-state index in [-0.39, 0.29) is 5.56 Å². The van der Waals surface area contributed by atoms with Gasteiger partial charge in [-0.05, 0) is 42.9 Å². The predicted octanol–water partition coefficient (Wildman–Crippen LogP) is 3.76. The lowest BCUT2D eigenvalue weighted by atomic mass is 9.82. The molecule has 2 atom stereocenters. The number of nitrogens with zero attached hydrogens (tertiary/aromatic N) is 1. The largest absolute Gasteiger partial charge is 0.478 e. The lowest BCUT2D eigenvalue weighted by molar-refractivity contribution is 0.0697. The van der Waals surface area contributed by atoms with Crippen LogP contribution in [-0.2, 0) is 0 Å². The van der Waals surface area contributed by atoms with Gasteiger partial charge in [0.1, 0.15) is 5.52 Å². The van der Waals surface area contributed by atoms with Crippen LogP contribution in [-0.4, -0.2) is 22.6 Å². The highest BCUT2D eigenvalue weighted by Crippen LogP contribution is 2.29. The standard InChI is InChI=1S/C16H20N2O3/c1-10-3-2-4-11(7-10)9-17-16-18-13-6-5-12(15(19)20)8-14(13)21-16/h5-6,8,10-11H,2-4,7,9H2,1H3,(H,17,18)(H,19,20). The van der Waals surface area contributed by atoms with Crippen LogP contribution in [0.2, 0.25) is 0 Å². The lowest BCUT2D eigenvalue weighted by Gasteiger charge is -2.26. The van der Waals surface area contributed by atoms with Crippen molar-refractivity contribution in [2.75, 3.05) is 11.9 Å². The van der Waals surface area contributed by atoms with E-state index in [1.165, 1.54) is 31.7 Å². The molecule has 5 heteroatoms. The fourth-order valence-electron chi connectivity index (χ4n) is 3.11. The molecule has 2 aromatic rings. The van der Waals surface area contributed by atoms with Gasteiger partial charge in [0.25, 0.3) is 6.01 Å². The van der Waals surface area contributed by atoms with Crippen LogP contribution in [0.15, 0.2) is 22.6 Å². The number of anilines is 1. The molecule has 2 unspecified atom stereocenters. The third kappa shape index (κ3) is 3.17. The highest BCUT2D eigenvalue weighted by atomic mass is 16.4. The summed E-state index contributed by atoms with van der Waals surface area (Å²) in [7, 11) is 0. The van der Waals surface area contributed by atoms with E-state index < -0.39 is 5.97 Å². The number of oxazole rings is 1. The van der Waals surface area contributed by atoms with Gasteiger partial charge in [-0.2, -0.15) is 4.98 Å². The van der Waals surface area contributed by atoms with E-state index in [4.69, 9.17) is 9.52 Å². The number of benzene rings is 1. The van der Waals surface area contributed by atoms with Crippen molar-refractivity contribution in [2.45, 2.75) is 32.6 Å². The van der Waals surface area contributed by atoms with Gasteiger partial charge >= 0.3 is 5.97 Å². The third-order valence-corrected chi connectivity index (χ3v) is 4.22. The van der Waals surface area contributed by atoms with Crippen molar-refractivity contribution in [2.24, 2.45) is 11.8 Å². The molecule has 1 fully saturated rings. The first-order valence-electron chi connectivity index (χ1n) is 7.49. The van der Waals surface area contributed by atoms with Crippen LogP contribution < -0.4 is 5.32 Å². The van der Waals surface area contributed by atoms with Crippen LogP contribution in [0.5, 0.6) is 0 Å². The molecule has 112 valence electrons. The summed E-state index contributed by atoms with van der Waals surface area (Å²) in [4.78, 5) is 15.3. The first kappa shape index (κ1) is 13.9. The molecule has 0 radical (unpaired) electrons. The fraction of sp³-hybridized carbons (Fsp3) is 0.500. The van der Waals surface area contributed by atoms with Gasteiger partial charge in [-0.3, -0.25) is 0 Å². The number of aromatic carboxylic acids is 1. The molecule has 1 aromatic carbocycles. The lowest BCUT2D eigenvalue weighted by Crippen LogP contribution is -2.21. The second-order valence-electron chi connectivity index (χ2n) is 6.03. The van der Waals surface area contributed by atoms with E-state index in [0.717, 1.165) is 12.5 Å². The van der Waals surface area contributed by atoms with Gasteiger partial charge in [0.2, 0.25) is 0 Å². The van der Waals surface area contributed by atoms with E-state index in [9.17, 15) is 4.79 Å². The number of carboxylic acid groups (broad SMARTS) is 1. The number of nitrogens with one attached hydrogen (secondary N) is 1. The zero-order chi connectivity index (χ0) is 14.8. The normalized spacial score (nSPS) is 22.3. The molecule has 1 aromatic heterocycles. The van der Waals surface area contributed by atoms with Crippen molar-refractivity contribution >= 4 is 23.1 Å². The smallest absolute Gasteiger partial charge is 0.335 e. The highest BCUT2D eigenvalue weighted by Gasteiger charge is 2.19. The summed E-state index contributed by atoms with van der Waals surface area (Å²) >= 11 is 0. The van der Waals surface area contributed by atoms with Crippen LogP contribution in [0.3, 0.4) is 0 Å². The molecule has 1 aliphatic rings. The van der Waals surface area contributed by atoms with Gasteiger partial charge < -0.3 is 14.8 Å². The predicted molar refractivity (Wildman–Crippen MR) is 80.6 cm³/mol. The number of hydrogen-bond donors (Lipinski definition) is 2. The van der Waals surface area contributed by atoms with E-state index in [2.05, 4.69) is 17.2 Å². The van der Waals surface area contributed by atoms with Crippen LogP contribution in [0.4, 0.5) is 6.01 Å². The minimum atomic E-state index is -0.959. The van der Waals surface area contributed by atoms with Crippen LogP contribution in [0.1, 0.15) is 43.0 Å². The second-order valence-corrected chi connectivity index (χ2v) is 6.03. The van der Waals surface area contributed by atoms with Gasteiger partial charge in [0.15, 0.2) is 5.58 Å². The van der Waals surface area contributed by atoms with Gasteiger partial charge in [-0.15, -0.1) is 0 Å². The van der Waals surface area contributed by atoms with Gasteiger partial charge in [-0.1, -0.05) is 19.8 Å². The molecule has 0 saturated heterocycles. The Hall–Kier alpha value is -2.04. The molecule has 0 bridgehead atoms. The molecule has 0 spiro atoms. The Morgan fingerprint density at radius 1 is 1.48 bits per heavy atom. The van der Waals surface area contributed by atoms with Gasteiger partial charge in [-0.25, -0.2) is 4.79 Å². The Kier molecular flexibility index (Phi) is 3.82. The summed E-state index contributed by atoms with van der Waals surface area (Å²) in [6, 6.07) is 5.21. The molecule has 5 nitrogen and oxygen atoms in total. The summed E-state index contributed by atoms with van der Waals surface area (Å²) in [5.74, 6) is 0.504. The summed E-state index contributed by atoms with van der Waals surface area (Å²) < 4.78 is 5.59. The Morgan fingerprint density at radius 3 is 3.10 bits per heavy atom. The molecule has 1 aliphatic carbocycles. The summed E-state index contributed by atoms with van der Waals surface area (Å²) in [5, 5.41) is 12.2. The number of carbonyl (C=O) groups is 1. The summed E-state index contributed by atoms with van der Waals surface area (Å²) in [6.45, 7) is 3.17. The van der Waals surface area contributed by atoms with Crippen LogP contribution in [0, 0.1) is 11.8 Å².